The monoisotopic (exact) mass is 258 g/mol. The molecule has 0 spiro atoms. The van der Waals surface area contributed by atoms with Gasteiger partial charge in [0, 0.05) is 5.70 Å². The Morgan fingerprint density at radius 2 is 1.40 bits per heavy atom. The van der Waals surface area contributed by atoms with Crippen LogP contribution in [0.25, 0.3) is 16.7 Å². The van der Waals surface area contributed by atoms with E-state index >= 15 is 0 Å². The predicted molar refractivity (Wildman–Crippen MR) is 81.5 cm³/mol. The second-order valence-electron chi connectivity index (χ2n) is 4.86. The summed E-state index contributed by atoms with van der Waals surface area (Å²) in [7, 11) is 0. The van der Waals surface area contributed by atoms with E-state index in [0.29, 0.717) is 11.3 Å². The van der Waals surface area contributed by atoms with Gasteiger partial charge in [-0.15, -0.1) is 0 Å². The zero-order valence-electron chi connectivity index (χ0n) is 11.2. The number of hydrogen-bond donors (Lipinski definition) is 1. The highest BCUT2D eigenvalue weighted by atomic mass is 14.6. The van der Waals surface area contributed by atoms with E-state index in [1.807, 2.05) is 30.3 Å². The van der Waals surface area contributed by atoms with E-state index in [2.05, 4.69) is 30.3 Å². The standard InChI is InChI=1S/C18H14N2/c1-12(20)13(11-19)10-18-16-8-4-2-6-14(16)15-7-3-5-9-17(15)18/h2-10H,20H2,1H3/b13-12+. The van der Waals surface area contributed by atoms with Crippen LogP contribution in [0.2, 0.25) is 0 Å². The van der Waals surface area contributed by atoms with Crippen LogP contribution in [-0.4, -0.2) is 0 Å². The summed E-state index contributed by atoms with van der Waals surface area (Å²) in [6.45, 7) is 1.75. The number of rotatable bonds is 1. The van der Waals surface area contributed by atoms with Crippen LogP contribution in [0.5, 0.6) is 0 Å². The van der Waals surface area contributed by atoms with Gasteiger partial charge in [0.15, 0.2) is 0 Å². The zero-order valence-corrected chi connectivity index (χ0v) is 11.2. The molecule has 0 heterocycles. The molecule has 0 aromatic heterocycles. The molecule has 0 saturated heterocycles. The predicted octanol–water partition coefficient (Wildman–Crippen LogP) is 3.85. The largest absolute Gasteiger partial charge is 0.401 e. The molecule has 1 aliphatic rings. The number of fused-ring (bicyclic) bond motifs is 3. The second kappa shape index (κ2) is 4.71. The molecule has 2 nitrogen and oxygen atoms in total. The van der Waals surface area contributed by atoms with Crippen LogP contribution in [0.15, 0.2) is 65.9 Å². The van der Waals surface area contributed by atoms with Gasteiger partial charge in [0.05, 0.1) is 5.57 Å². The lowest BCUT2D eigenvalue weighted by atomic mass is 10.0. The Hall–Kier alpha value is -2.79. The molecule has 96 valence electrons. The van der Waals surface area contributed by atoms with Crippen molar-refractivity contribution in [3.05, 3.63) is 77.0 Å². The summed E-state index contributed by atoms with van der Waals surface area (Å²) in [4.78, 5) is 0. The molecule has 1 aliphatic carbocycles. The summed E-state index contributed by atoms with van der Waals surface area (Å²) in [5.74, 6) is 0. The van der Waals surface area contributed by atoms with E-state index in [4.69, 9.17) is 5.73 Å². The minimum absolute atomic E-state index is 0.520. The summed E-state index contributed by atoms with van der Waals surface area (Å²) in [6.07, 6.45) is 1.89. The minimum Gasteiger partial charge on any atom is -0.401 e. The van der Waals surface area contributed by atoms with Gasteiger partial charge in [-0.25, -0.2) is 0 Å². The summed E-state index contributed by atoms with van der Waals surface area (Å²) in [5, 5.41) is 9.22. The van der Waals surface area contributed by atoms with Crippen LogP contribution >= 0.6 is 0 Å². The number of allylic oxidation sites excluding steroid dienone is 3. The van der Waals surface area contributed by atoms with Crippen molar-refractivity contribution in [2.75, 3.05) is 0 Å². The summed E-state index contributed by atoms with van der Waals surface area (Å²) >= 11 is 0. The van der Waals surface area contributed by atoms with Gasteiger partial charge in [-0.2, -0.15) is 5.26 Å². The molecule has 0 amide bonds. The van der Waals surface area contributed by atoms with Gasteiger partial charge >= 0.3 is 0 Å². The molecule has 2 aromatic rings. The van der Waals surface area contributed by atoms with Crippen LogP contribution in [0.1, 0.15) is 18.1 Å². The topological polar surface area (TPSA) is 49.8 Å². The van der Waals surface area contributed by atoms with Crippen molar-refractivity contribution < 1.29 is 0 Å². The van der Waals surface area contributed by atoms with Crippen molar-refractivity contribution in [2.45, 2.75) is 6.92 Å². The number of nitrogens with zero attached hydrogens (tertiary/aromatic N) is 1. The Morgan fingerprint density at radius 1 is 0.950 bits per heavy atom. The molecule has 0 atom stereocenters. The first-order valence-electron chi connectivity index (χ1n) is 6.49. The first-order chi connectivity index (χ1) is 9.72. The van der Waals surface area contributed by atoms with Crippen LogP contribution in [-0.2, 0) is 0 Å². The molecule has 0 unspecified atom stereocenters. The lowest BCUT2D eigenvalue weighted by molar-refractivity contribution is 1.27. The second-order valence-corrected chi connectivity index (χ2v) is 4.86. The van der Waals surface area contributed by atoms with Crippen molar-refractivity contribution in [1.29, 1.82) is 5.26 Å². The molecule has 20 heavy (non-hydrogen) atoms. The van der Waals surface area contributed by atoms with Crippen LogP contribution in [0, 0.1) is 11.3 Å². The van der Waals surface area contributed by atoms with E-state index in [1.54, 1.807) is 6.92 Å². The highest BCUT2D eigenvalue weighted by Gasteiger charge is 2.22. The van der Waals surface area contributed by atoms with Crippen molar-refractivity contribution in [3.63, 3.8) is 0 Å². The molecular formula is C18H14N2. The van der Waals surface area contributed by atoms with Crippen molar-refractivity contribution in [3.8, 4) is 17.2 Å². The summed E-state index contributed by atoms with van der Waals surface area (Å²) < 4.78 is 0. The Kier molecular flexibility index (Phi) is 2.89. The highest BCUT2D eigenvalue weighted by molar-refractivity contribution is 6.01. The fourth-order valence-corrected chi connectivity index (χ4v) is 2.58. The molecular weight excluding hydrogens is 244 g/mol. The fourth-order valence-electron chi connectivity index (χ4n) is 2.58. The maximum Gasteiger partial charge on any atom is 0.101 e. The van der Waals surface area contributed by atoms with Gasteiger partial charge in [-0.05, 0) is 40.8 Å². The molecule has 0 radical (unpaired) electrons. The first-order valence-corrected chi connectivity index (χ1v) is 6.49. The Balaban J connectivity index is 2.30. The quantitative estimate of drug-likeness (QED) is 0.674. The lowest BCUT2D eigenvalue weighted by Gasteiger charge is -2.03. The van der Waals surface area contributed by atoms with Gasteiger partial charge in [0.1, 0.15) is 6.07 Å². The maximum atomic E-state index is 9.22. The van der Waals surface area contributed by atoms with E-state index in [-0.39, 0.29) is 0 Å². The van der Waals surface area contributed by atoms with Gasteiger partial charge in [0.25, 0.3) is 0 Å². The van der Waals surface area contributed by atoms with Gasteiger partial charge in [-0.3, -0.25) is 0 Å². The Bertz CT molecular complexity index is 738. The smallest absolute Gasteiger partial charge is 0.101 e. The number of nitriles is 1. The molecule has 2 heteroatoms. The molecule has 2 N–H and O–H groups in total. The molecule has 3 rings (SSSR count). The molecule has 0 aliphatic heterocycles. The molecule has 0 fully saturated rings. The van der Waals surface area contributed by atoms with E-state index in [0.717, 1.165) is 16.7 Å². The number of hydrogen-bond acceptors (Lipinski definition) is 2. The third-order valence-corrected chi connectivity index (χ3v) is 3.56. The highest BCUT2D eigenvalue weighted by Crippen LogP contribution is 2.44. The third-order valence-electron chi connectivity index (χ3n) is 3.56. The van der Waals surface area contributed by atoms with Crippen molar-refractivity contribution in [1.82, 2.24) is 0 Å². The SMILES string of the molecule is C/C(N)=C(\C#N)C=C1c2ccccc2-c2ccccc21. The zero-order chi connectivity index (χ0) is 14.1. The van der Waals surface area contributed by atoms with Crippen molar-refractivity contribution >= 4 is 5.57 Å². The van der Waals surface area contributed by atoms with E-state index in [1.165, 1.54) is 11.1 Å². The lowest BCUT2D eigenvalue weighted by Crippen LogP contribution is -1.95. The summed E-state index contributed by atoms with van der Waals surface area (Å²) in [5.41, 5.74) is 12.6. The van der Waals surface area contributed by atoms with Gasteiger partial charge < -0.3 is 5.73 Å². The third kappa shape index (κ3) is 1.81. The van der Waals surface area contributed by atoms with E-state index < -0.39 is 0 Å². The Morgan fingerprint density at radius 3 is 1.80 bits per heavy atom. The van der Waals surface area contributed by atoms with Crippen LogP contribution in [0.4, 0.5) is 0 Å². The molecule has 0 bridgehead atoms. The average molecular weight is 258 g/mol. The fraction of sp³-hybridized carbons (Fsp3) is 0.0556. The van der Waals surface area contributed by atoms with Gasteiger partial charge in [-0.1, -0.05) is 48.5 Å². The van der Waals surface area contributed by atoms with Crippen molar-refractivity contribution in [2.24, 2.45) is 5.73 Å². The number of benzene rings is 2. The van der Waals surface area contributed by atoms with Gasteiger partial charge in [0.2, 0.25) is 0 Å². The normalized spacial score (nSPS) is 13.1. The minimum atomic E-state index is 0.520. The number of nitrogens with two attached hydrogens (primary N) is 1. The van der Waals surface area contributed by atoms with Crippen LogP contribution in [0.3, 0.4) is 0 Å². The van der Waals surface area contributed by atoms with E-state index in [9.17, 15) is 5.26 Å². The molecule has 0 saturated carbocycles. The maximum absolute atomic E-state index is 9.22. The summed E-state index contributed by atoms with van der Waals surface area (Å²) in [6, 6.07) is 18.7. The Labute approximate surface area is 118 Å². The molecule has 2 aromatic carbocycles. The first kappa shape index (κ1) is 12.3. The average Bonchev–Trinajstić information content (AvgIpc) is 2.79. The van der Waals surface area contributed by atoms with Crippen LogP contribution < -0.4 is 5.73 Å².